The Morgan fingerprint density at radius 1 is 0.792 bits per heavy atom. The predicted molar refractivity (Wildman–Crippen MR) is 98.4 cm³/mol. The van der Waals surface area contributed by atoms with Gasteiger partial charge in [-0.3, -0.25) is 9.69 Å². The normalized spacial score (nSPS) is 27.1. The molecular weight excluding hydrogens is 294 g/mol. The lowest BCUT2D eigenvalue weighted by Gasteiger charge is -2.34. The fourth-order valence-corrected chi connectivity index (χ4v) is 3.94. The molecular formula is C22H21NO. The number of Topliss-reactive ketones (excluding diaryl/α,β-unsaturated/α-hetero) is 1. The Bertz CT molecular complexity index is 737. The maximum Gasteiger partial charge on any atom is 0.188 e. The molecule has 0 radical (unpaired) electrons. The van der Waals surface area contributed by atoms with Gasteiger partial charge in [0.05, 0.1) is 0 Å². The van der Waals surface area contributed by atoms with E-state index in [2.05, 4.69) is 48.4 Å². The highest BCUT2D eigenvalue weighted by atomic mass is 16.1. The first-order chi connectivity index (χ1) is 11.7. The number of likely N-dealkylation sites (N-methyl/N-ethyl adjacent to an activating group) is 1. The summed E-state index contributed by atoms with van der Waals surface area (Å²) in [6, 6.07) is 20.8. The van der Waals surface area contributed by atoms with E-state index in [1.807, 2.05) is 36.4 Å². The van der Waals surface area contributed by atoms with Crippen LogP contribution in [0.5, 0.6) is 0 Å². The summed E-state index contributed by atoms with van der Waals surface area (Å²) >= 11 is 0. The number of ketones is 1. The first-order valence-corrected chi connectivity index (χ1v) is 8.54. The van der Waals surface area contributed by atoms with Crippen molar-refractivity contribution < 1.29 is 4.79 Å². The fraction of sp³-hybridized carbons (Fsp3) is 0.227. The molecule has 120 valence electrons. The van der Waals surface area contributed by atoms with Gasteiger partial charge in [0.25, 0.3) is 0 Å². The number of carbonyl (C=O) groups excluding carboxylic acids is 1. The van der Waals surface area contributed by atoms with E-state index in [0.29, 0.717) is 0 Å². The predicted octanol–water partition coefficient (Wildman–Crippen LogP) is 4.20. The van der Waals surface area contributed by atoms with Gasteiger partial charge in [0, 0.05) is 23.2 Å². The first kappa shape index (κ1) is 15.1. The molecule has 2 bridgehead atoms. The molecule has 2 aliphatic heterocycles. The van der Waals surface area contributed by atoms with Crippen LogP contribution < -0.4 is 0 Å². The van der Waals surface area contributed by atoms with Crippen LogP contribution in [0, 0.1) is 0 Å². The van der Waals surface area contributed by atoms with E-state index in [9.17, 15) is 4.79 Å². The molecule has 2 fully saturated rings. The summed E-state index contributed by atoms with van der Waals surface area (Å²) in [7, 11) is 2.15. The molecule has 0 unspecified atom stereocenters. The van der Waals surface area contributed by atoms with Crippen molar-refractivity contribution in [1.82, 2.24) is 4.90 Å². The molecule has 0 N–H and O–H groups in total. The van der Waals surface area contributed by atoms with E-state index in [1.54, 1.807) is 0 Å². The summed E-state index contributed by atoms with van der Waals surface area (Å²) in [5.74, 6) is 0.216. The molecule has 0 aromatic heterocycles. The number of fused-ring (bicyclic) bond motifs is 2. The van der Waals surface area contributed by atoms with Crippen molar-refractivity contribution in [3.05, 3.63) is 82.9 Å². The van der Waals surface area contributed by atoms with Gasteiger partial charge in [0.15, 0.2) is 5.78 Å². The van der Waals surface area contributed by atoms with Gasteiger partial charge in [-0.2, -0.15) is 0 Å². The first-order valence-electron chi connectivity index (χ1n) is 8.54. The lowest BCUT2D eigenvalue weighted by Crippen LogP contribution is -2.43. The quantitative estimate of drug-likeness (QED) is 0.774. The largest absolute Gasteiger partial charge is 0.292 e. The number of hydrogen-bond acceptors (Lipinski definition) is 2. The number of piperidine rings is 1. The molecule has 0 spiro atoms. The SMILES string of the molecule is CN1[C@H]2CC[C@H]1/C(=C/c1ccccc1)C(=O)/C2=C\c1ccccc1. The summed E-state index contributed by atoms with van der Waals surface area (Å²) in [5, 5.41) is 0. The van der Waals surface area contributed by atoms with Gasteiger partial charge >= 0.3 is 0 Å². The Morgan fingerprint density at radius 3 is 1.62 bits per heavy atom. The van der Waals surface area contributed by atoms with Crippen molar-refractivity contribution >= 4 is 17.9 Å². The van der Waals surface area contributed by atoms with E-state index >= 15 is 0 Å². The maximum absolute atomic E-state index is 13.2. The molecule has 24 heavy (non-hydrogen) atoms. The molecule has 2 atom stereocenters. The van der Waals surface area contributed by atoms with E-state index < -0.39 is 0 Å². The van der Waals surface area contributed by atoms with Gasteiger partial charge in [0.2, 0.25) is 0 Å². The standard InChI is InChI=1S/C22H21NO/c1-23-20-12-13-21(23)19(15-17-10-6-3-7-11-17)22(24)18(20)14-16-8-4-2-5-9-16/h2-11,14-15,20-21H,12-13H2,1H3/b18-14-,19-15-/t20-,21-/m0/s1. The lowest BCUT2D eigenvalue weighted by atomic mass is 9.88. The Morgan fingerprint density at radius 2 is 1.21 bits per heavy atom. The fourth-order valence-electron chi connectivity index (χ4n) is 3.94. The molecule has 2 aliphatic rings. The summed E-state index contributed by atoms with van der Waals surface area (Å²) in [5.41, 5.74) is 4.05. The maximum atomic E-state index is 13.2. The van der Waals surface area contributed by atoms with Crippen LogP contribution in [0.1, 0.15) is 24.0 Å². The third-order valence-electron chi connectivity index (χ3n) is 5.18. The second-order valence-electron chi connectivity index (χ2n) is 6.62. The smallest absolute Gasteiger partial charge is 0.188 e. The van der Waals surface area contributed by atoms with Gasteiger partial charge in [-0.1, -0.05) is 60.7 Å². The van der Waals surface area contributed by atoms with Gasteiger partial charge in [0.1, 0.15) is 0 Å². The van der Waals surface area contributed by atoms with Crippen LogP contribution in [-0.2, 0) is 4.79 Å². The highest BCUT2D eigenvalue weighted by Gasteiger charge is 2.44. The Kier molecular flexibility index (Phi) is 3.91. The average Bonchev–Trinajstić information content (AvgIpc) is 2.93. The van der Waals surface area contributed by atoms with Crippen LogP contribution in [0.4, 0.5) is 0 Å². The molecule has 2 heterocycles. The van der Waals surface area contributed by atoms with Crippen molar-refractivity contribution in [2.75, 3.05) is 7.05 Å². The van der Waals surface area contributed by atoms with Crippen LogP contribution in [0.3, 0.4) is 0 Å². The van der Waals surface area contributed by atoms with Crippen LogP contribution in [-0.4, -0.2) is 29.8 Å². The summed E-state index contributed by atoms with van der Waals surface area (Å²) in [6.07, 6.45) is 6.25. The number of hydrogen-bond donors (Lipinski definition) is 0. The van der Waals surface area contributed by atoms with Gasteiger partial charge in [-0.25, -0.2) is 0 Å². The Labute approximate surface area is 143 Å². The topological polar surface area (TPSA) is 20.3 Å². The Balaban J connectivity index is 1.78. The number of carbonyl (C=O) groups is 1. The van der Waals surface area contributed by atoms with E-state index in [4.69, 9.17) is 0 Å². The monoisotopic (exact) mass is 315 g/mol. The summed E-state index contributed by atoms with van der Waals surface area (Å²) in [6.45, 7) is 0. The van der Waals surface area contributed by atoms with Crippen LogP contribution >= 0.6 is 0 Å². The van der Waals surface area contributed by atoms with Gasteiger partial charge in [-0.05, 0) is 43.2 Å². The van der Waals surface area contributed by atoms with Crippen molar-refractivity contribution in [3.63, 3.8) is 0 Å². The van der Waals surface area contributed by atoms with E-state index in [1.165, 1.54) is 0 Å². The minimum Gasteiger partial charge on any atom is -0.292 e. The number of rotatable bonds is 2. The minimum atomic E-state index is 0.216. The molecule has 2 heteroatoms. The third kappa shape index (κ3) is 2.63. The molecule has 0 saturated carbocycles. The summed E-state index contributed by atoms with van der Waals surface area (Å²) < 4.78 is 0. The second-order valence-corrected chi connectivity index (χ2v) is 6.62. The third-order valence-corrected chi connectivity index (χ3v) is 5.18. The van der Waals surface area contributed by atoms with E-state index in [-0.39, 0.29) is 17.9 Å². The van der Waals surface area contributed by atoms with Gasteiger partial charge in [-0.15, -0.1) is 0 Å². The summed E-state index contributed by atoms with van der Waals surface area (Å²) in [4.78, 5) is 15.5. The number of nitrogens with zero attached hydrogens (tertiary/aromatic N) is 1. The van der Waals surface area contributed by atoms with Crippen molar-refractivity contribution in [2.24, 2.45) is 0 Å². The zero-order valence-electron chi connectivity index (χ0n) is 13.9. The Hall–Kier alpha value is -2.45. The van der Waals surface area contributed by atoms with Crippen molar-refractivity contribution in [2.45, 2.75) is 24.9 Å². The van der Waals surface area contributed by atoms with Crippen molar-refractivity contribution in [3.8, 4) is 0 Å². The molecule has 2 saturated heterocycles. The highest BCUT2D eigenvalue weighted by molar-refractivity contribution is 6.16. The van der Waals surface area contributed by atoms with Crippen LogP contribution in [0.2, 0.25) is 0 Å². The second kappa shape index (κ2) is 6.21. The molecule has 2 aromatic rings. The van der Waals surface area contributed by atoms with E-state index in [0.717, 1.165) is 35.1 Å². The zero-order valence-corrected chi connectivity index (χ0v) is 13.9. The number of benzene rings is 2. The molecule has 2 aromatic carbocycles. The van der Waals surface area contributed by atoms with Crippen molar-refractivity contribution in [1.29, 1.82) is 0 Å². The lowest BCUT2D eigenvalue weighted by molar-refractivity contribution is -0.114. The molecule has 0 amide bonds. The van der Waals surface area contributed by atoms with Crippen LogP contribution in [0.25, 0.3) is 12.2 Å². The highest BCUT2D eigenvalue weighted by Crippen LogP contribution is 2.40. The average molecular weight is 315 g/mol. The molecule has 2 nitrogen and oxygen atoms in total. The molecule has 4 rings (SSSR count). The van der Waals surface area contributed by atoms with Crippen LogP contribution in [0.15, 0.2) is 71.8 Å². The molecule has 0 aliphatic carbocycles. The zero-order chi connectivity index (χ0) is 16.5. The minimum absolute atomic E-state index is 0.216. The van der Waals surface area contributed by atoms with Gasteiger partial charge < -0.3 is 0 Å².